The molecule has 0 aliphatic carbocycles. The Hall–Kier alpha value is -1.68. The molecular formula is C14H17N3O. The molecule has 0 radical (unpaired) electrons. The molecule has 1 saturated heterocycles. The van der Waals surface area contributed by atoms with E-state index in [1.54, 1.807) is 0 Å². The van der Waals surface area contributed by atoms with Crippen molar-refractivity contribution in [2.45, 2.75) is 25.8 Å². The van der Waals surface area contributed by atoms with E-state index < -0.39 is 0 Å². The molecule has 0 amide bonds. The standard InChI is InChI=1S/C14H17N3O/c1-10-16-14(18)12-4-2-3-5-13(12)17(10)11-6-8-15-9-7-11/h2-5,11,15H,6-9H2,1H3. The monoisotopic (exact) mass is 243 g/mol. The van der Waals surface area contributed by atoms with Crippen LogP contribution in [0.5, 0.6) is 0 Å². The van der Waals surface area contributed by atoms with Gasteiger partial charge in [0.15, 0.2) is 0 Å². The molecule has 0 unspecified atom stereocenters. The summed E-state index contributed by atoms with van der Waals surface area (Å²) in [6.45, 7) is 3.99. The zero-order valence-corrected chi connectivity index (χ0v) is 10.5. The number of fused-ring (bicyclic) bond motifs is 1. The Labute approximate surface area is 106 Å². The highest BCUT2D eigenvalue weighted by molar-refractivity contribution is 5.78. The van der Waals surface area contributed by atoms with Gasteiger partial charge in [-0.15, -0.1) is 0 Å². The summed E-state index contributed by atoms with van der Waals surface area (Å²) in [6, 6.07) is 8.21. The largest absolute Gasteiger partial charge is 0.326 e. The highest BCUT2D eigenvalue weighted by atomic mass is 16.1. The molecule has 0 saturated carbocycles. The molecule has 2 aromatic rings. The maximum atomic E-state index is 11.9. The normalized spacial score (nSPS) is 17.2. The van der Waals surface area contributed by atoms with Crippen LogP contribution < -0.4 is 10.9 Å². The van der Waals surface area contributed by atoms with E-state index in [4.69, 9.17) is 0 Å². The number of benzene rings is 1. The van der Waals surface area contributed by atoms with Crippen LogP contribution in [0.15, 0.2) is 29.1 Å². The highest BCUT2D eigenvalue weighted by Crippen LogP contribution is 2.23. The number of piperidine rings is 1. The van der Waals surface area contributed by atoms with Gasteiger partial charge in [-0.1, -0.05) is 12.1 Å². The van der Waals surface area contributed by atoms with E-state index in [2.05, 4.69) is 14.9 Å². The first kappa shape index (κ1) is 11.4. The van der Waals surface area contributed by atoms with Crippen molar-refractivity contribution >= 4 is 10.9 Å². The van der Waals surface area contributed by atoms with Crippen molar-refractivity contribution in [1.29, 1.82) is 0 Å². The zero-order valence-electron chi connectivity index (χ0n) is 10.5. The van der Waals surface area contributed by atoms with Crippen LogP contribution in [0.25, 0.3) is 10.9 Å². The van der Waals surface area contributed by atoms with Gasteiger partial charge in [0, 0.05) is 6.04 Å². The third-order valence-corrected chi connectivity index (χ3v) is 3.68. The summed E-state index contributed by atoms with van der Waals surface area (Å²) >= 11 is 0. The van der Waals surface area contributed by atoms with E-state index in [1.807, 2.05) is 31.2 Å². The fourth-order valence-electron chi connectivity index (χ4n) is 2.83. The third-order valence-electron chi connectivity index (χ3n) is 3.68. The lowest BCUT2D eigenvalue weighted by atomic mass is 10.1. The SMILES string of the molecule is Cc1nc(=O)c2ccccc2n1C1CCNCC1. The molecule has 1 aromatic carbocycles. The fraction of sp³-hybridized carbons (Fsp3) is 0.429. The average molecular weight is 243 g/mol. The van der Waals surface area contributed by atoms with Crippen LogP contribution in [-0.2, 0) is 0 Å². The predicted octanol–water partition coefficient (Wildman–Crippen LogP) is 1.63. The number of aromatic nitrogens is 2. The van der Waals surface area contributed by atoms with Gasteiger partial charge in [-0.3, -0.25) is 4.79 Å². The first-order valence-electron chi connectivity index (χ1n) is 6.46. The number of para-hydroxylation sites is 1. The molecule has 94 valence electrons. The lowest BCUT2D eigenvalue weighted by molar-refractivity contribution is 0.367. The van der Waals surface area contributed by atoms with E-state index in [9.17, 15) is 4.79 Å². The first-order valence-corrected chi connectivity index (χ1v) is 6.46. The first-order chi connectivity index (χ1) is 8.77. The average Bonchev–Trinajstić information content (AvgIpc) is 2.40. The summed E-state index contributed by atoms with van der Waals surface area (Å²) in [4.78, 5) is 16.1. The second-order valence-corrected chi connectivity index (χ2v) is 4.83. The smallest absolute Gasteiger partial charge is 0.280 e. The summed E-state index contributed by atoms with van der Waals surface area (Å²) in [6.07, 6.45) is 2.19. The minimum atomic E-state index is -0.117. The molecule has 1 aliphatic rings. The minimum Gasteiger partial charge on any atom is -0.326 e. The molecule has 3 rings (SSSR count). The molecule has 4 nitrogen and oxygen atoms in total. The Morgan fingerprint density at radius 1 is 1.28 bits per heavy atom. The second-order valence-electron chi connectivity index (χ2n) is 4.83. The van der Waals surface area contributed by atoms with Crippen LogP contribution in [0.1, 0.15) is 24.7 Å². The summed E-state index contributed by atoms with van der Waals surface area (Å²) in [7, 11) is 0. The van der Waals surface area contributed by atoms with Gasteiger partial charge in [0.25, 0.3) is 5.56 Å². The van der Waals surface area contributed by atoms with E-state index in [-0.39, 0.29) is 5.56 Å². The zero-order chi connectivity index (χ0) is 12.5. The van der Waals surface area contributed by atoms with Crippen molar-refractivity contribution in [3.63, 3.8) is 0 Å². The summed E-state index contributed by atoms with van der Waals surface area (Å²) < 4.78 is 2.23. The molecular weight excluding hydrogens is 226 g/mol. The molecule has 1 aliphatic heterocycles. The van der Waals surface area contributed by atoms with Gasteiger partial charge in [0.1, 0.15) is 5.82 Å². The third kappa shape index (κ3) is 1.82. The summed E-state index contributed by atoms with van der Waals surface area (Å²) in [5.74, 6) is 0.825. The van der Waals surface area contributed by atoms with Crippen molar-refractivity contribution in [2.24, 2.45) is 0 Å². The lowest BCUT2D eigenvalue weighted by Crippen LogP contribution is -2.31. The molecule has 1 N–H and O–H groups in total. The van der Waals surface area contributed by atoms with Gasteiger partial charge in [0.2, 0.25) is 0 Å². The second kappa shape index (κ2) is 4.53. The Bertz CT molecular complexity index is 626. The summed E-state index contributed by atoms with van der Waals surface area (Å²) in [5.41, 5.74) is 0.898. The van der Waals surface area contributed by atoms with E-state index in [0.717, 1.165) is 42.7 Å². The quantitative estimate of drug-likeness (QED) is 0.828. The van der Waals surface area contributed by atoms with Crippen molar-refractivity contribution in [1.82, 2.24) is 14.9 Å². The molecule has 0 bridgehead atoms. The summed E-state index contributed by atoms with van der Waals surface area (Å²) in [5, 5.41) is 4.09. The molecule has 1 aromatic heterocycles. The van der Waals surface area contributed by atoms with Crippen molar-refractivity contribution in [2.75, 3.05) is 13.1 Å². The van der Waals surface area contributed by atoms with Gasteiger partial charge >= 0.3 is 0 Å². The van der Waals surface area contributed by atoms with E-state index in [1.165, 1.54) is 0 Å². The number of nitrogens with one attached hydrogen (secondary N) is 1. The van der Waals surface area contributed by atoms with Crippen molar-refractivity contribution in [3.05, 3.63) is 40.4 Å². The molecule has 0 atom stereocenters. The number of hydrogen-bond acceptors (Lipinski definition) is 3. The Kier molecular flexibility index (Phi) is 2.88. The number of nitrogens with zero attached hydrogens (tertiary/aromatic N) is 2. The van der Waals surface area contributed by atoms with E-state index >= 15 is 0 Å². The van der Waals surface area contributed by atoms with Crippen LogP contribution in [0.4, 0.5) is 0 Å². The Balaban J connectivity index is 2.23. The highest BCUT2D eigenvalue weighted by Gasteiger charge is 2.18. The topological polar surface area (TPSA) is 46.9 Å². The minimum absolute atomic E-state index is 0.117. The maximum absolute atomic E-state index is 11.9. The van der Waals surface area contributed by atoms with Gasteiger partial charge in [-0.2, -0.15) is 4.98 Å². The Morgan fingerprint density at radius 3 is 2.78 bits per heavy atom. The van der Waals surface area contributed by atoms with Gasteiger partial charge in [-0.05, 0) is 45.0 Å². The van der Waals surface area contributed by atoms with Gasteiger partial charge in [-0.25, -0.2) is 0 Å². The van der Waals surface area contributed by atoms with Crippen LogP contribution in [0, 0.1) is 6.92 Å². The van der Waals surface area contributed by atoms with Crippen LogP contribution >= 0.6 is 0 Å². The van der Waals surface area contributed by atoms with Crippen LogP contribution in [0.2, 0.25) is 0 Å². The fourth-order valence-corrected chi connectivity index (χ4v) is 2.83. The Morgan fingerprint density at radius 2 is 2.00 bits per heavy atom. The maximum Gasteiger partial charge on any atom is 0.280 e. The number of rotatable bonds is 1. The van der Waals surface area contributed by atoms with Gasteiger partial charge in [0.05, 0.1) is 10.9 Å². The van der Waals surface area contributed by atoms with Crippen molar-refractivity contribution < 1.29 is 0 Å². The van der Waals surface area contributed by atoms with Crippen molar-refractivity contribution in [3.8, 4) is 0 Å². The molecule has 4 heteroatoms. The van der Waals surface area contributed by atoms with E-state index in [0.29, 0.717) is 6.04 Å². The number of hydrogen-bond donors (Lipinski definition) is 1. The predicted molar refractivity (Wildman–Crippen MR) is 71.9 cm³/mol. The van der Waals surface area contributed by atoms with Gasteiger partial charge < -0.3 is 9.88 Å². The van der Waals surface area contributed by atoms with Crippen LogP contribution in [-0.4, -0.2) is 22.6 Å². The molecule has 1 fully saturated rings. The lowest BCUT2D eigenvalue weighted by Gasteiger charge is -2.28. The molecule has 0 spiro atoms. The number of aryl methyl sites for hydroxylation is 1. The molecule has 2 heterocycles. The van der Waals surface area contributed by atoms with Crippen LogP contribution in [0.3, 0.4) is 0 Å². The molecule has 18 heavy (non-hydrogen) atoms.